The summed E-state index contributed by atoms with van der Waals surface area (Å²) in [6.07, 6.45) is 0.215. The molecule has 156 valence electrons. The van der Waals surface area contributed by atoms with Crippen molar-refractivity contribution in [3.05, 3.63) is 57.6 Å². The Labute approximate surface area is 178 Å². The molecule has 0 unspecified atom stereocenters. The van der Waals surface area contributed by atoms with Gasteiger partial charge in [0.15, 0.2) is 11.5 Å². The van der Waals surface area contributed by atoms with Gasteiger partial charge in [-0.2, -0.15) is 0 Å². The zero-order valence-electron chi connectivity index (χ0n) is 16.0. The van der Waals surface area contributed by atoms with Gasteiger partial charge < -0.3 is 25.2 Å². The zero-order chi connectivity index (χ0) is 21.4. The average molecular weight is 441 g/mol. The molecule has 0 aromatic heterocycles. The van der Waals surface area contributed by atoms with Crippen LogP contribution >= 0.6 is 23.2 Å². The fraction of sp³-hybridized carbons (Fsp3) is 0.300. The molecule has 29 heavy (non-hydrogen) atoms. The predicted octanol–water partition coefficient (Wildman–Crippen LogP) is 2.81. The van der Waals surface area contributed by atoms with E-state index in [9.17, 15) is 14.7 Å². The van der Waals surface area contributed by atoms with Gasteiger partial charge in [-0.3, -0.25) is 4.79 Å². The smallest absolute Gasteiger partial charge is 0.328 e. The molecule has 0 aliphatic carbocycles. The summed E-state index contributed by atoms with van der Waals surface area (Å²) in [6, 6.07) is 9.42. The van der Waals surface area contributed by atoms with Crippen LogP contribution < -0.4 is 15.4 Å². The standard InChI is InChI=1S/C20H22Cl2N2O5/c1-23-8-9-29-18-14(21)11-13(17(25)16(18)22)19(26)24-15(20(27)28-2)10-12-6-4-3-5-7-12/h3-7,11,15,23,25H,8-10H2,1-2H3,(H,24,26)/t15-/m0/s1. The number of amides is 1. The van der Waals surface area contributed by atoms with Crippen molar-refractivity contribution >= 4 is 35.1 Å². The minimum atomic E-state index is -0.960. The first kappa shape index (κ1) is 22.8. The van der Waals surface area contributed by atoms with Crippen molar-refractivity contribution in [2.75, 3.05) is 27.3 Å². The molecule has 0 saturated heterocycles. The van der Waals surface area contributed by atoms with Crippen molar-refractivity contribution in [2.24, 2.45) is 0 Å². The SMILES string of the molecule is CNCCOc1c(Cl)cc(C(=O)N[C@@H](Cc2ccccc2)C(=O)OC)c(O)c1Cl. The van der Waals surface area contributed by atoms with E-state index in [0.717, 1.165) is 5.56 Å². The maximum atomic E-state index is 12.7. The van der Waals surface area contributed by atoms with Crippen LogP contribution in [0.1, 0.15) is 15.9 Å². The van der Waals surface area contributed by atoms with Gasteiger partial charge in [0.25, 0.3) is 5.91 Å². The number of phenols is 1. The van der Waals surface area contributed by atoms with Crippen LogP contribution in [0.3, 0.4) is 0 Å². The van der Waals surface area contributed by atoms with Crippen LogP contribution in [0.2, 0.25) is 10.0 Å². The molecule has 0 saturated carbocycles. The van der Waals surface area contributed by atoms with Crippen LogP contribution in [0.4, 0.5) is 0 Å². The van der Waals surface area contributed by atoms with Crippen LogP contribution in [0, 0.1) is 0 Å². The number of benzene rings is 2. The first-order chi connectivity index (χ1) is 13.9. The van der Waals surface area contributed by atoms with Crippen LogP contribution in [0.5, 0.6) is 11.5 Å². The summed E-state index contributed by atoms with van der Waals surface area (Å²) < 4.78 is 10.2. The molecule has 0 spiro atoms. The number of hydrogen-bond acceptors (Lipinski definition) is 6. The predicted molar refractivity (Wildman–Crippen MR) is 111 cm³/mol. The Morgan fingerprint density at radius 1 is 1.21 bits per heavy atom. The first-order valence-corrected chi connectivity index (χ1v) is 9.55. The van der Waals surface area contributed by atoms with Gasteiger partial charge >= 0.3 is 5.97 Å². The number of methoxy groups -OCH3 is 1. The van der Waals surface area contributed by atoms with Gasteiger partial charge in [-0.05, 0) is 18.7 Å². The molecule has 9 heteroatoms. The number of carbonyl (C=O) groups excluding carboxylic acids is 2. The van der Waals surface area contributed by atoms with E-state index in [1.807, 2.05) is 30.3 Å². The highest BCUT2D eigenvalue weighted by atomic mass is 35.5. The van der Waals surface area contributed by atoms with E-state index < -0.39 is 23.7 Å². The number of nitrogens with one attached hydrogen (secondary N) is 2. The fourth-order valence-electron chi connectivity index (χ4n) is 2.57. The second kappa shape index (κ2) is 10.9. The molecule has 0 aliphatic rings. The van der Waals surface area contributed by atoms with Crippen LogP contribution in [0.25, 0.3) is 0 Å². The lowest BCUT2D eigenvalue weighted by atomic mass is 10.1. The molecule has 7 nitrogen and oxygen atoms in total. The van der Waals surface area contributed by atoms with E-state index in [-0.39, 0.29) is 34.4 Å². The van der Waals surface area contributed by atoms with Gasteiger partial charge in [0.05, 0.1) is 17.7 Å². The van der Waals surface area contributed by atoms with Crippen molar-refractivity contribution in [1.29, 1.82) is 0 Å². The highest BCUT2D eigenvalue weighted by Crippen LogP contribution is 2.41. The summed E-state index contributed by atoms with van der Waals surface area (Å²) in [6.45, 7) is 0.804. The van der Waals surface area contributed by atoms with Crippen molar-refractivity contribution in [2.45, 2.75) is 12.5 Å². The first-order valence-electron chi connectivity index (χ1n) is 8.80. The topological polar surface area (TPSA) is 96.9 Å². The maximum absolute atomic E-state index is 12.7. The van der Waals surface area contributed by atoms with E-state index in [1.54, 1.807) is 7.05 Å². The van der Waals surface area contributed by atoms with Crippen LogP contribution in [-0.4, -0.2) is 50.3 Å². The van der Waals surface area contributed by atoms with Crippen molar-refractivity contribution in [1.82, 2.24) is 10.6 Å². The Morgan fingerprint density at radius 3 is 2.52 bits per heavy atom. The van der Waals surface area contributed by atoms with Gasteiger partial charge in [-0.15, -0.1) is 0 Å². The lowest BCUT2D eigenvalue weighted by molar-refractivity contribution is -0.142. The Kier molecular flexibility index (Phi) is 8.57. The molecule has 0 fully saturated rings. The highest BCUT2D eigenvalue weighted by Gasteiger charge is 2.26. The van der Waals surface area contributed by atoms with Gasteiger partial charge in [0.2, 0.25) is 0 Å². The van der Waals surface area contributed by atoms with E-state index in [4.69, 9.17) is 32.7 Å². The number of ether oxygens (including phenoxy) is 2. The Hall–Kier alpha value is -2.48. The number of phenolic OH excluding ortho intramolecular Hbond substituents is 1. The number of esters is 1. The average Bonchev–Trinajstić information content (AvgIpc) is 2.72. The molecule has 1 atom stereocenters. The van der Waals surface area contributed by atoms with Gasteiger partial charge in [-0.1, -0.05) is 53.5 Å². The third-order valence-corrected chi connectivity index (χ3v) is 4.70. The fourth-order valence-corrected chi connectivity index (χ4v) is 3.14. The molecular formula is C20H22Cl2N2O5. The van der Waals surface area contributed by atoms with Crippen LogP contribution in [0.15, 0.2) is 36.4 Å². The van der Waals surface area contributed by atoms with Crippen molar-refractivity contribution in [3.8, 4) is 11.5 Å². The molecule has 2 aromatic carbocycles. The Balaban J connectivity index is 2.23. The largest absolute Gasteiger partial charge is 0.505 e. The number of hydrogen-bond donors (Lipinski definition) is 3. The molecule has 0 heterocycles. The highest BCUT2D eigenvalue weighted by molar-refractivity contribution is 6.39. The summed E-state index contributed by atoms with van der Waals surface area (Å²) in [5, 5.41) is 15.7. The number of halogens is 2. The molecule has 0 radical (unpaired) electrons. The molecule has 1 amide bonds. The minimum Gasteiger partial charge on any atom is -0.505 e. The van der Waals surface area contributed by atoms with E-state index >= 15 is 0 Å². The Bertz CT molecular complexity index is 862. The normalized spacial score (nSPS) is 11.6. The van der Waals surface area contributed by atoms with Crippen molar-refractivity contribution in [3.63, 3.8) is 0 Å². The molecule has 2 rings (SSSR count). The van der Waals surface area contributed by atoms with E-state index in [1.165, 1.54) is 13.2 Å². The lowest BCUT2D eigenvalue weighted by Crippen LogP contribution is -2.43. The summed E-state index contributed by atoms with van der Waals surface area (Å²) in [5.41, 5.74) is 0.652. The van der Waals surface area contributed by atoms with Crippen LogP contribution in [-0.2, 0) is 16.0 Å². The van der Waals surface area contributed by atoms with Crippen molar-refractivity contribution < 1.29 is 24.2 Å². The zero-order valence-corrected chi connectivity index (χ0v) is 17.5. The monoisotopic (exact) mass is 440 g/mol. The Morgan fingerprint density at radius 2 is 1.90 bits per heavy atom. The second-order valence-electron chi connectivity index (χ2n) is 6.09. The maximum Gasteiger partial charge on any atom is 0.328 e. The van der Waals surface area contributed by atoms with E-state index in [0.29, 0.717) is 6.54 Å². The molecule has 0 aliphatic heterocycles. The quantitative estimate of drug-likeness (QED) is 0.409. The summed E-state index contributed by atoms with van der Waals surface area (Å²) >= 11 is 12.3. The number of likely N-dealkylation sites (N-methyl/N-ethyl adjacent to an activating group) is 1. The van der Waals surface area contributed by atoms with Gasteiger partial charge in [0, 0.05) is 13.0 Å². The lowest BCUT2D eigenvalue weighted by Gasteiger charge is -2.18. The second-order valence-corrected chi connectivity index (χ2v) is 6.87. The third-order valence-electron chi connectivity index (χ3n) is 4.07. The summed E-state index contributed by atoms with van der Waals surface area (Å²) in [4.78, 5) is 24.8. The molecule has 3 N–H and O–H groups in total. The van der Waals surface area contributed by atoms with E-state index in [2.05, 4.69) is 10.6 Å². The summed E-state index contributed by atoms with van der Waals surface area (Å²) in [5.74, 6) is -1.76. The summed E-state index contributed by atoms with van der Waals surface area (Å²) in [7, 11) is 2.99. The minimum absolute atomic E-state index is 0.0618. The molecule has 0 bridgehead atoms. The molecular weight excluding hydrogens is 419 g/mol. The number of rotatable bonds is 9. The van der Waals surface area contributed by atoms with Gasteiger partial charge in [-0.25, -0.2) is 4.79 Å². The number of carbonyl (C=O) groups is 2. The third kappa shape index (κ3) is 6.00. The molecule has 2 aromatic rings. The van der Waals surface area contributed by atoms with Gasteiger partial charge in [0.1, 0.15) is 17.7 Å². The number of aromatic hydroxyl groups is 1.